The number of urea groups is 1. The molecule has 0 spiro atoms. The number of hydrogen-bond donors (Lipinski definition) is 3. The van der Waals surface area contributed by atoms with Crippen LogP contribution in [0.25, 0.3) is 0 Å². The van der Waals surface area contributed by atoms with Crippen molar-refractivity contribution in [2.45, 2.75) is 56.3 Å². The van der Waals surface area contributed by atoms with Gasteiger partial charge in [-0.25, -0.2) is 13.6 Å². The first kappa shape index (κ1) is 24.3. The average Bonchev–Trinajstić information content (AvgIpc) is 3.43. The van der Waals surface area contributed by atoms with Crippen molar-refractivity contribution in [2.75, 3.05) is 38.7 Å². The fourth-order valence-electron chi connectivity index (χ4n) is 5.25. The molecule has 0 aromatic heterocycles. The molecule has 9 nitrogen and oxygen atoms in total. The van der Waals surface area contributed by atoms with E-state index in [1.807, 2.05) is 9.80 Å². The Bertz CT molecular complexity index is 933. The molecule has 186 valence electrons. The zero-order valence-electron chi connectivity index (χ0n) is 19.2. The van der Waals surface area contributed by atoms with Crippen molar-refractivity contribution < 1.29 is 27.9 Å². The number of likely N-dealkylation sites (tertiary alicyclic amines) is 1. The van der Waals surface area contributed by atoms with Crippen LogP contribution in [-0.2, 0) is 14.3 Å². The van der Waals surface area contributed by atoms with E-state index >= 15 is 0 Å². The summed E-state index contributed by atoms with van der Waals surface area (Å²) in [4.78, 5) is 41.5. The van der Waals surface area contributed by atoms with Crippen LogP contribution in [0.4, 0.5) is 19.3 Å². The highest BCUT2D eigenvalue weighted by Gasteiger charge is 2.44. The summed E-state index contributed by atoms with van der Waals surface area (Å²) >= 11 is 0. The molecule has 0 radical (unpaired) electrons. The number of benzene rings is 1. The summed E-state index contributed by atoms with van der Waals surface area (Å²) < 4.78 is 32.1. The first-order chi connectivity index (χ1) is 16.4. The van der Waals surface area contributed by atoms with Crippen molar-refractivity contribution in [1.29, 1.82) is 0 Å². The molecule has 0 aliphatic carbocycles. The average molecular weight is 480 g/mol. The number of hydrogen-bond acceptors (Lipinski definition) is 5. The van der Waals surface area contributed by atoms with Gasteiger partial charge in [-0.15, -0.1) is 0 Å². The van der Waals surface area contributed by atoms with Gasteiger partial charge in [0.2, 0.25) is 11.8 Å². The second kappa shape index (κ2) is 10.6. The number of methoxy groups -OCH3 is 1. The van der Waals surface area contributed by atoms with Crippen molar-refractivity contribution in [3.05, 3.63) is 29.8 Å². The van der Waals surface area contributed by atoms with Crippen LogP contribution in [0, 0.1) is 11.6 Å². The number of rotatable bonds is 7. The van der Waals surface area contributed by atoms with Gasteiger partial charge in [-0.1, -0.05) is 0 Å². The molecule has 3 fully saturated rings. The lowest BCUT2D eigenvalue weighted by atomic mass is 10.0. The second-order valence-corrected chi connectivity index (χ2v) is 9.14. The van der Waals surface area contributed by atoms with Crippen LogP contribution in [-0.4, -0.2) is 85.2 Å². The summed E-state index contributed by atoms with van der Waals surface area (Å²) in [6, 6.07) is 1.68. The lowest BCUT2D eigenvalue weighted by Crippen LogP contribution is -2.58. The molecule has 4 rings (SSSR count). The van der Waals surface area contributed by atoms with Gasteiger partial charge in [-0.2, -0.15) is 0 Å². The third kappa shape index (κ3) is 5.47. The molecule has 3 heterocycles. The van der Waals surface area contributed by atoms with Crippen LogP contribution in [0.2, 0.25) is 0 Å². The van der Waals surface area contributed by atoms with Crippen LogP contribution in [0.1, 0.15) is 32.1 Å². The second-order valence-electron chi connectivity index (χ2n) is 9.14. The minimum Gasteiger partial charge on any atom is -0.383 e. The number of amides is 4. The maximum atomic E-state index is 13.8. The highest BCUT2D eigenvalue weighted by molar-refractivity contribution is 5.90. The molecule has 0 saturated carbocycles. The molecular weight excluding hydrogens is 448 g/mol. The number of piperazine rings is 1. The van der Waals surface area contributed by atoms with E-state index in [1.165, 1.54) is 0 Å². The highest BCUT2D eigenvalue weighted by Crippen LogP contribution is 2.27. The van der Waals surface area contributed by atoms with Crippen LogP contribution in [0.3, 0.4) is 0 Å². The number of nitrogens with one attached hydrogen (secondary N) is 3. The fourth-order valence-corrected chi connectivity index (χ4v) is 5.25. The topological polar surface area (TPSA) is 103 Å². The van der Waals surface area contributed by atoms with Crippen molar-refractivity contribution in [3.63, 3.8) is 0 Å². The molecule has 1 aromatic rings. The Labute approximate surface area is 197 Å². The van der Waals surface area contributed by atoms with E-state index < -0.39 is 23.7 Å². The number of anilines is 1. The maximum absolute atomic E-state index is 13.8. The largest absolute Gasteiger partial charge is 0.383 e. The highest BCUT2D eigenvalue weighted by atomic mass is 19.1. The Kier molecular flexibility index (Phi) is 7.62. The summed E-state index contributed by atoms with van der Waals surface area (Å²) in [6.07, 6.45) is 3.32. The van der Waals surface area contributed by atoms with Gasteiger partial charge in [0.1, 0.15) is 11.6 Å². The van der Waals surface area contributed by atoms with Crippen LogP contribution in [0.15, 0.2) is 18.2 Å². The maximum Gasteiger partial charge on any atom is 0.319 e. The third-order valence-corrected chi connectivity index (χ3v) is 6.89. The summed E-state index contributed by atoms with van der Waals surface area (Å²) in [5.74, 6) is -1.60. The van der Waals surface area contributed by atoms with Crippen molar-refractivity contribution in [2.24, 2.45) is 0 Å². The van der Waals surface area contributed by atoms with Gasteiger partial charge in [0.25, 0.3) is 0 Å². The first-order valence-corrected chi connectivity index (χ1v) is 11.7. The molecule has 3 aliphatic rings. The molecule has 3 saturated heterocycles. The molecule has 11 heteroatoms. The standard InChI is InChI=1S/C23H31F2N5O4/c1-34-13-17-3-2-8-29(17)21(31)7-5-16-11-26-22(32)20-10-15(12-30(16)20)27-23(33)28-19-6-4-14(24)9-18(19)25/h4,6,9,15-17,20H,2-3,5,7-8,10-13H2,1H3,(H,26,32)(H2,27,28,33)/t15-,16+,17-,20-/m0/s1. The Hall–Kier alpha value is -2.79. The minimum atomic E-state index is -0.867. The number of nitrogens with zero attached hydrogens (tertiary/aromatic N) is 2. The smallest absolute Gasteiger partial charge is 0.319 e. The molecule has 0 bridgehead atoms. The lowest BCUT2D eigenvalue weighted by Gasteiger charge is -2.37. The van der Waals surface area contributed by atoms with Crippen LogP contribution >= 0.6 is 0 Å². The van der Waals surface area contributed by atoms with Gasteiger partial charge >= 0.3 is 6.03 Å². The predicted octanol–water partition coefficient (Wildman–Crippen LogP) is 1.45. The monoisotopic (exact) mass is 479 g/mol. The van der Waals surface area contributed by atoms with E-state index in [4.69, 9.17) is 4.74 Å². The normalized spacial score (nSPS) is 26.8. The zero-order chi connectivity index (χ0) is 24.2. The predicted molar refractivity (Wildman–Crippen MR) is 120 cm³/mol. The number of ether oxygens (including phenoxy) is 1. The summed E-state index contributed by atoms with van der Waals surface area (Å²) in [6.45, 7) is 2.18. The quantitative estimate of drug-likeness (QED) is 0.549. The third-order valence-electron chi connectivity index (χ3n) is 6.89. The molecule has 4 amide bonds. The number of carbonyl (C=O) groups is 3. The van der Waals surface area contributed by atoms with Gasteiger partial charge < -0.3 is 25.6 Å². The molecule has 34 heavy (non-hydrogen) atoms. The van der Waals surface area contributed by atoms with Gasteiger partial charge in [-0.3, -0.25) is 14.5 Å². The molecule has 3 N–H and O–H groups in total. The van der Waals surface area contributed by atoms with Crippen LogP contribution < -0.4 is 16.0 Å². The number of halogens is 2. The van der Waals surface area contributed by atoms with E-state index in [0.717, 1.165) is 31.5 Å². The van der Waals surface area contributed by atoms with E-state index in [1.54, 1.807) is 7.11 Å². The van der Waals surface area contributed by atoms with Crippen molar-refractivity contribution in [1.82, 2.24) is 20.4 Å². The SMILES string of the molecule is COC[C@@H]1CCCN1C(=O)CC[C@@H]1CNC(=O)[C@@H]2C[C@H](NC(=O)Nc3ccc(F)cc3F)CN12. The molecule has 0 unspecified atom stereocenters. The Balaban J connectivity index is 1.31. The van der Waals surface area contributed by atoms with Crippen molar-refractivity contribution >= 4 is 23.5 Å². The van der Waals surface area contributed by atoms with Gasteiger partial charge in [0.15, 0.2) is 0 Å². The Morgan fingerprint density at radius 3 is 2.85 bits per heavy atom. The van der Waals surface area contributed by atoms with Gasteiger partial charge in [0.05, 0.1) is 24.4 Å². The number of carbonyl (C=O) groups excluding carboxylic acids is 3. The van der Waals surface area contributed by atoms with Crippen molar-refractivity contribution in [3.8, 4) is 0 Å². The molecular formula is C23H31F2N5O4. The molecule has 4 atom stereocenters. The fraction of sp³-hybridized carbons (Fsp3) is 0.609. The summed E-state index contributed by atoms with van der Waals surface area (Å²) in [7, 11) is 1.64. The van der Waals surface area contributed by atoms with E-state index in [2.05, 4.69) is 16.0 Å². The number of fused-ring (bicyclic) bond motifs is 1. The lowest BCUT2D eigenvalue weighted by molar-refractivity contribution is -0.133. The van der Waals surface area contributed by atoms with E-state index in [0.29, 0.717) is 45.0 Å². The summed E-state index contributed by atoms with van der Waals surface area (Å²) in [5.41, 5.74) is -0.127. The van der Waals surface area contributed by atoms with E-state index in [-0.39, 0.29) is 35.6 Å². The zero-order valence-corrected chi connectivity index (χ0v) is 19.2. The minimum absolute atomic E-state index is 0.0143. The first-order valence-electron chi connectivity index (χ1n) is 11.7. The molecule has 1 aromatic carbocycles. The summed E-state index contributed by atoms with van der Waals surface area (Å²) in [5, 5.41) is 8.07. The molecule has 3 aliphatic heterocycles. The van der Waals surface area contributed by atoms with Crippen LogP contribution in [0.5, 0.6) is 0 Å². The van der Waals surface area contributed by atoms with Gasteiger partial charge in [0, 0.05) is 51.3 Å². The Morgan fingerprint density at radius 1 is 1.26 bits per heavy atom. The Morgan fingerprint density at radius 2 is 2.09 bits per heavy atom. The van der Waals surface area contributed by atoms with E-state index in [9.17, 15) is 23.2 Å². The van der Waals surface area contributed by atoms with Gasteiger partial charge in [-0.05, 0) is 37.8 Å².